The molecule has 31 heavy (non-hydrogen) atoms. The summed E-state index contributed by atoms with van der Waals surface area (Å²) in [6.45, 7) is 0.171. The van der Waals surface area contributed by atoms with Crippen molar-refractivity contribution in [1.82, 2.24) is 10.3 Å². The lowest BCUT2D eigenvalue weighted by atomic mass is 10.1. The standard InChI is InChI=1S/C21H15ClN2O6S/c22-13-4-6-15(7-5-13)31(28,29)19-18(25)16-8-3-12(10-17(16)24-21(19)27)20(26)23-11-14-2-1-9-30-14/h1-10H,11H2,(H,23,26)(H2,24,25,27). The van der Waals surface area contributed by atoms with E-state index in [0.717, 1.165) is 0 Å². The lowest BCUT2D eigenvalue weighted by molar-refractivity contribution is 0.0948. The van der Waals surface area contributed by atoms with E-state index in [-0.39, 0.29) is 27.9 Å². The smallest absolute Gasteiger partial charge is 0.271 e. The number of halogens is 1. The summed E-state index contributed by atoms with van der Waals surface area (Å²) in [5.41, 5.74) is -0.682. The Bertz CT molecular complexity index is 1440. The molecule has 4 rings (SSSR count). The molecule has 158 valence electrons. The summed E-state index contributed by atoms with van der Waals surface area (Å²) in [5, 5.41) is 13.7. The zero-order chi connectivity index (χ0) is 22.2. The maximum atomic E-state index is 12.9. The molecule has 0 saturated carbocycles. The number of carbonyl (C=O) groups excluding carboxylic acids is 1. The van der Waals surface area contributed by atoms with Crippen molar-refractivity contribution in [2.24, 2.45) is 0 Å². The third-order valence-corrected chi connectivity index (χ3v) is 6.66. The zero-order valence-corrected chi connectivity index (χ0v) is 17.3. The van der Waals surface area contributed by atoms with Crippen LogP contribution in [0.1, 0.15) is 16.1 Å². The minimum atomic E-state index is -4.31. The molecule has 0 radical (unpaired) electrons. The van der Waals surface area contributed by atoms with Crippen molar-refractivity contribution in [2.75, 3.05) is 0 Å². The van der Waals surface area contributed by atoms with Gasteiger partial charge in [-0.3, -0.25) is 9.59 Å². The first-order valence-corrected chi connectivity index (χ1v) is 10.8. The third-order valence-electron chi connectivity index (χ3n) is 4.60. The van der Waals surface area contributed by atoms with Gasteiger partial charge in [0.1, 0.15) is 11.5 Å². The van der Waals surface area contributed by atoms with Gasteiger partial charge >= 0.3 is 0 Å². The molecule has 0 aliphatic rings. The van der Waals surface area contributed by atoms with E-state index in [1.807, 2.05) is 0 Å². The largest absolute Gasteiger partial charge is 0.506 e. The minimum Gasteiger partial charge on any atom is -0.506 e. The van der Waals surface area contributed by atoms with Crippen LogP contribution in [0.15, 0.2) is 79.9 Å². The molecule has 3 N–H and O–H groups in total. The Labute approximate surface area is 181 Å². The summed E-state index contributed by atoms with van der Waals surface area (Å²) in [6, 6.07) is 12.8. The molecule has 2 heterocycles. The lowest BCUT2D eigenvalue weighted by Crippen LogP contribution is -2.23. The Hall–Kier alpha value is -3.56. The molecule has 0 aliphatic carbocycles. The van der Waals surface area contributed by atoms with Crippen LogP contribution in [0.4, 0.5) is 0 Å². The maximum Gasteiger partial charge on any atom is 0.271 e. The van der Waals surface area contributed by atoms with Gasteiger partial charge in [-0.15, -0.1) is 0 Å². The first-order chi connectivity index (χ1) is 14.8. The summed E-state index contributed by atoms with van der Waals surface area (Å²) in [6.07, 6.45) is 1.49. The van der Waals surface area contributed by atoms with Crippen LogP contribution in [-0.2, 0) is 16.4 Å². The van der Waals surface area contributed by atoms with Crippen molar-refractivity contribution in [3.63, 3.8) is 0 Å². The van der Waals surface area contributed by atoms with Crippen LogP contribution in [0.3, 0.4) is 0 Å². The number of benzene rings is 2. The normalized spacial score (nSPS) is 11.5. The van der Waals surface area contributed by atoms with Crippen LogP contribution in [0, 0.1) is 0 Å². The van der Waals surface area contributed by atoms with E-state index in [9.17, 15) is 23.1 Å². The first-order valence-electron chi connectivity index (χ1n) is 8.97. The van der Waals surface area contributed by atoms with Crippen LogP contribution >= 0.6 is 11.6 Å². The summed E-state index contributed by atoms with van der Waals surface area (Å²) >= 11 is 5.79. The summed E-state index contributed by atoms with van der Waals surface area (Å²) in [7, 11) is -4.31. The Balaban J connectivity index is 1.72. The number of rotatable bonds is 5. The SMILES string of the molecule is O=C(NCc1ccco1)c1ccc2c(O)c(S(=O)(=O)c3ccc(Cl)cc3)c(=O)[nH]c2c1. The molecule has 0 aliphatic heterocycles. The van der Waals surface area contributed by atoms with Gasteiger partial charge in [-0.05, 0) is 54.6 Å². The van der Waals surface area contributed by atoms with Gasteiger partial charge in [0.25, 0.3) is 11.5 Å². The van der Waals surface area contributed by atoms with E-state index in [0.29, 0.717) is 10.8 Å². The van der Waals surface area contributed by atoms with Gasteiger partial charge in [0.2, 0.25) is 9.84 Å². The number of aromatic amines is 1. The number of hydrogen-bond donors (Lipinski definition) is 3. The average Bonchev–Trinajstić information content (AvgIpc) is 3.25. The highest BCUT2D eigenvalue weighted by molar-refractivity contribution is 7.91. The van der Waals surface area contributed by atoms with E-state index in [2.05, 4.69) is 10.3 Å². The van der Waals surface area contributed by atoms with Crippen molar-refractivity contribution in [1.29, 1.82) is 0 Å². The topological polar surface area (TPSA) is 129 Å². The lowest BCUT2D eigenvalue weighted by Gasteiger charge is -2.10. The molecule has 0 bridgehead atoms. The van der Waals surface area contributed by atoms with Gasteiger partial charge in [0.15, 0.2) is 4.90 Å². The molecule has 4 aromatic rings. The number of nitrogens with one attached hydrogen (secondary N) is 2. The second-order valence-corrected chi connectivity index (χ2v) is 8.93. The Morgan fingerprint density at radius 1 is 1.13 bits per heavy atom. The van der Waals surface area contributed by atoms with Crippen LogP contribution in [0.25, 0.3) is 10.9 Å². The Morgan fingerprint density at radius 2 is 1.87 bits per heavy atom. The monoisotopic (exact) mass is 458 g/mol. The summed E-state index contributed by atoms with van der Waals surface area (Å²) in [4.78, 5) is 26.4. The molecule has 0 spiro atoms. The highest BCUT2D eigenvalue weighted by Crippen LogP contribution is 2.32. The number of fused-ring (bicyclic) bond motifs is 1. The van der Waals surface area contributed by atoms with Crippen LogP contribution < -0.4 is 10.9 Å². The van der Waals surface area contributed by atoms with Crippen molar-refractivity contribution < 1.29 is 22.7 Å². The summed E-state index contributed by atoms with van der Waals surface area (Å²) in [5.74, 6) is -0.565. The number of H-pyrrole nitrogens is 1. The highest BCUT2D eigenvalue weighted by Gasteiger charge is 2.27. The van der Waals surface area contributed by atoms with Crippen molar-refractivity contribution in [3.8, 4) is 5.75 Å². The van der Waals surface area contributed by atoms with Gasteiger partial charge in [0, 0.05) is 16.0 Å². The molecule has 0 atom stereocenters. The van der Waals surface area contributed by atoms with Crippen molar-refractivity contribution >= 4 is 38.2 Å². The van der Waals surface area contributed by atoms with Crippen LogP contribution in [0.2, 0.25) is 5.02 Å². The zero-order valence-electron chi connectivity index (χ0n) is 15.8. The molecule has 2 aromatic heterocycles. The molecule has 2 aromatic carbocycles. The Morgan fingerprint density at radius 3 is 2.55 bits per heavy atom. The van der Waals surface area contributed by atoms with E-state index >= 15 is 0 Å². The molecular weight excluding hydrogens is 444 g/mol. The van der Waals surface area contributed by atoms with Crippen LogP contribution in [-0.4, -0.2) is 24.4 Å². The second-order valence-electron chi connectivity index (χ2n) is 6.61. The molecule has 8 nitrogen and oxygen atoms in total. The molecule has 0 fully saturated rings. The fourth-order valence-electron chi connectivity index (χ4n) is 3.07. The number of amides is 1. The molecule has 10 heteroatoms. The average molecular weight is 459 g/mol. The number of aromatic hydroxyl groups is 1. The van der Waals surface area contributed by atoms with Gasteiger partial charge in [0.05, 0.1) is 23.2 Å². The predicted molar refractivity (Wildman–Crippen MR) is 113 cm³/mol. The summed E-state index contributed by atoms with van der Waals surface area (Å²) < 4.78 is 31.0. The van der Waals surface area contributed by atoms with Gasteiger partial charge < -0.3 is 19.8 Å². The first kappa shape index (κ1) is 20.7. The molecule has 0 unspecified atom stereocenters. The van der Waals surface area contributed by atoms with E-state index < -0.39 is 31.9 Å². The van der Waals surface area contributed by atoms with E-state index in [4.69, 9.17) is 16.0 Å². The molecule has 0 saturated heterocycles. The number of carbonyl (C=O) groups is 1. The molecular formula is C21H15ClN2O6S. The molecule has 1 amide bonds. The minimum absolute atomic E-state index is 0.0784. The van der Waals surface area contributed by atoms with E-state index in [1.54, 1.807) is 12.1 Å². The number of pyridine rings is 1. The Kier molecular flexibility index (Phi) is 5.30. The van der Waals surface area contributed by atoms with E-state index in [1.165, 1.54) is 48.7 Å². The number of sulfone groups is 1. The van der Waals surface area contributed by atoms with Crippen LogP contribution in [0.5, 0.6) is 5.75 Å². The third kappa shape index (κ3) is 3.92. The fraction of sp³-hybridized carbons (Fsp3) is 0.0476. The number of furan rings is 1. The fourth-order valence-corrected chi connectivity index (χ4v) is 4.58. The predicted octanol–water partition coefficient (Wildman–Crippen LogP) is 3.24. The maximum absolute atomic E-state index is 12.9. The van der Waals surface area contributed by atoms with Gasteiger partial charge in [-0.25, -0.2) is 8.42 Å². The van der Waals surface area contributed by atoms with Crippen molar-refractivity contribution in [3.05, 3.63) is 87.6 Å². The van der Waals surface area contributed by atoms with Gasteiger partial charge in [-0.1, -0.05) is 11.6 Å². The number of hydrogen-bond acceptors (Lipinski definition) is 6. The quantitative estimate of drug-likeness (QED) is 0.421. The highest BCUT2D eigenvalue weighted by atomic mass is 35.5. The number of aromatic nitrogens is 1. The van der Waals surface area contributed by atoms with Gasteiger partial charge in [-0.2, -0.15) is 0 Å². The van der Waals surface area contributed by atoms with Crippen molar-refractivity contribution in [2.45, 2.75) is 16.3 Å². The second kappa shape index (κ2) is 7.93.